The number of rotatable bonds is 0. The Kier molecular flexibility index (Phi) is 969000. The molecular formula is C8H27N. The monoisotopic (exact) mass is 137 g/mol. The van der Waals surface area contributed by atoms with Gasteiger partial charge in [-0.3, -0.25) is 0 Å². The van der Waals surface area contributed by atoms with E-state index < -0.39 is 0 Å². The molecule has 9 heavy (non-hydrogen) atoms. The van der Waals surface area contributed by atoms with Crippen molar-refractivity contribution in [2.45, 2.75) is 49.0 Å². The van der Waals surface area contributed by atoms with Gasteiger partial charge in [-0.25, -0.2) is 0 Å². The van der Waals surface area contributed by atoms with E-state index in [1.165, 1.54) is 7.05 Å². The lowest BCUT2D eigenvalue weighted by atomic mass is 11.0. The maximum Gasteiger partial charge on any atom is -0.0195 e. The smallest absolute Gasteiger partial charge is 0.0195 e. The van der Waals surface area contributed by atoms with Crippen LogP contribution in [0.4, 0.5) is 0 Å². The summed E-state index contributed by atoms with van der Waals surface area (Å²) in [6, 6.07) is 0. The normalized spacial score (nSPS) is 2.67. The van der Waals surface area contributed by atoms with Gasteiger partial charge in [0.25, 0.3) is 0 Å². The Labute approximate surface area is 62.7 Å². The van der Waals surface area contributed by atoms with Crippen molar-refractivity contribution in [3.8, 4) is 0 Å². The Bertz CT molecular complexity index is 4.53. The van der Waals surface area contributed by atoms with E-state index in [-0.39, 0.29) is 7.43 Å². The first-order valence-electron chi connectivity index (χ1n) is 3.58. The Morgan fingerprint density at radius 3 is 0.556 bits per heavy atom. The van der Waals surface area contributed by atoms with Crippen molar-refractivity contribution < 1.29 is 0 Å². The van der Waals surface area contributed by atoms with Gasteiger partial charge in [-0.2, -0.15) is 0 Å². The molecule has 2 N–H and O–H groups in total. The minimum Gasteiger partial charge on any atom is -0.333 e. The average Bonchev–Trinajstić information content (AvgIpc) is 2.03. The van der Waals surface area contributed by atoms with Gasteiger partial charge in [0.15, 0.2) is 0 Å². The van der Waals surface area contributed by atoms with E-state index in [1.54, 1.807) is 0 Å². The molecule has 0 saturated heterocycles. The fourth-order valence-corrected chi connectivity index (χ4v) is 0. The standard InChI is InChI=1S/3C2H6.CH5N.CH4/c4*1-2;/h3*1-2H3;2H2,1H3;1H4. The molecule has 0 aliphatic rings. The van der Waals surface area contributed by atoms with Crippen molar-refractivity contribution in [3.05, 3.63) is 0 Å². The fraction of sp³-hybridized carbons (Fsp3) is 1.00. The van der Waals surface area contributed by atoms with E-state index in [0.29, 0.717) is 0 Å². The molecule has 0 heterocycles. The quantitative estimate of drug-likeness (QED) is 0.544. The van der Waals surface area contributed by atoms with Crippen LogP contribution in [-0.4, -0.2) is 7.05 Å². The third-order valence-corrected chi connectivity index (χ3v) is 0. The molecule has 0 aromatic rings. The van der Waals surface area contributed by atoms with Crippen molar-refractivity contribution in [1.82, 2.24) is 0 Å². The zero-order valence-electron chi connectivity index (χ0n) is 7.58. The molecule has 64 valence electrons. The maximum atomic E-state index is 4.50. The van der Waals surface area contributed by atoms with Crippen LogP contribution in [-0.2, 0) is 0 Å². The zero-order valence-corrected chi connectivity index (χ0v) is 7.58. The minimum atomic E-state index is 0. The summed E-state index contributed by atoms with van der Waals surface area (Å²) >= 11 is 0. The fourth-order valence-electron chi connectivity index (χ4n) is 0. The average molecular weight is 137 g/mol. The second-order valence-corrected chi connectivity index (χ2v) is 0. The Morgan fingerprint density at radius 2 is 0.556 bits per heavy atom. The third kappa shape index (κ3) is 177000. The highest BCUT2D eigenvalue weighted by Crippen LogP contribution is 1.15. The molecule has 0 saturated carbocycles. The lowest BCUT2D eigenvalue weighted by Crippen LogP contribution is -1.69. The Morgan fingerprint density at radius 1 is 0.556 bits per heavy atom. The van der Waals surface area contributed by atoms with Gasteiger partial charge in [0.2, 0.25) is 0 Å². The van der Waals surface area contributed by atoms with E-state index in [0.717, 1.165) is 0 Å². The molecule has 1 heteroatoms. The van der Waals surface area contributed by atoms with Gasteiger partial charge < -0.3 is 5.73 Å². The molecule has 0 amide bonds. The van der Waals surface area contributed by atoms with E-state index >= 15 is 0 Å². The van der Waals surface area contributed by atoms with Crippen molar-refractivity contribution in [3.63, 3.8) is 0 Å². The van der Waals surface area contributed by atoms with E-state index in [1.807, 2.05) is 41.5 Å². The van der Waals surface area contributed by atoms with Gasteiger partial charge in [0, 0.05) is 0 Å². The predicted octanol–water partition coefficient (Wildman–Crippen LogP) is 3.29. The van der Waals surface area contributed by atoms with Gasteiger partial charge in [-0.05, 0) is 7.05 Å². The summed E-state index contributed by atoms with van der Waals surface area (Å²) in [5.74, 6) is 0. The highest BCUT2D eigenvalue weighted by molar-refractivity contribution is 3.54. The van der Waals surface area contributed by atoms with Gasteiger partial charge in [-0.15, -0.1) is 0 Å². The molecule has 0 aromatic heterocycles. The third-order valence-electron chi connectivity index (χ3n) is 0. The van der Waals surface area contributed by atoms with Crippen LogP contribution >= 0.6 is 0 Å². The van der Waals surface area contributed by atoms with Crippen molar-refractivity contribution in [2.24, 2.45) is 5.73 Å². The maximum absolute atomic E-state index is 4.50. The molecule has 1 nitrogen and oxygen atoms in total. The number of nitrogens with two attached hydrogens (primary N) is 1. The van der Waals surface area contributed by atoms with E-state index in [2.05, 4.69) is 5.73 Å². The summed E-state index contributed by atoms with van der Waals surface area (Å²) in [6.07, 6.45) is 0. The molecule has 0 spiro atoms. The van der Waals surface area contributed by atoms with Crippen LogP contribution in [0.1, 0.15) is 49.0 Å². The summed E-state index contributed by atoms with van der Waals surface area (Å²) in [6.45, 7) is 12.0. The van der Waals surface area contributed by atoms with Crippen LogP contribution in [0.25, 0.3) is 0 Å². The van der Waals surface area contributed by atoms with Crippen LogP contribution in [0.2, 0.25) is 0 Å². The zero-order chi connectivity index (χ0) is 8.00. The summed E-state index contributed by atoms with van der Waals surface area (Å²) in [4.78, 5) is 0. The van der Waals surface area contributed by atoms with Gasteiger partial charge in [-0.1, -0.05) is 49.0 Å². The first kappa shape index (κ1) is 36.2. The van der Waals surface area contributed by atoms with Gasteiger partial charge >= 0.3 is 0 Å². The summed E-state index contributed by atoms with van der Waals surface area (Å²) in [5, 5.41) is 0. The summed E-state index contributed by atoms with van der Waals surface area (Å²) in [5.41, 5.74) is 4.50. The lowest BCUT2D eigenvalue weighted by Gasteiger charge is -1.19. The Balaban J connectivity index is -0.00000000762. The second kappa shape index (κ2) is 241000. The summed E-state index contributed by atoms with van der Waals surface area (Å²) < 4.78 is 0. The first-order chi connectivity index (χ1) is 4.00. The molecule has 0 fully saturated rings. The predicted molar refractivity (Wildman–Crippen MR) is 50.9 cm³/mol. The molecule has 0 aliphatic carbocycles. The van der Waals surface area contributed by atoms with Crippen molar-refractivity contribution in [2.75, 3.05) is 7.05 Å². The van der Waals surface area contributed by atoms with Gasteiger partial charge in [0.1, 0.15) is 0 Å². The van der Waals surface area contributed by atoms with E-state index in [4.69, 9.17) is 0 Å². The van der Waals surface area contributed by atoms with Crippen molar-refractivity contribution >= 4 is 0 Å². The summed E-state index contributed by atoms with van der Waals surface area (Å²) in [7, 11) is 1.50. The Hall–Kier alpha value is -0.0400. The number of hydrogen-bond donors (Lipinski definition) is 1. The van der Waals surface area contributed by atoms with Crippen LogP contribution < -0.4 is 5.73 Å². The highest BCUT2D eigenvalue weighted by atomic mass is 14.4. The van der Waals surface area contributed by atoms with Crippen LogP contribution in [0.5, 0.6) is 0 Å². The molecule has 0 aliphatic heterocycles. The molecule has 0 atom stereocenters. The topological polar surface area (TPSA) is 26.0 Å². The lowest BCUT2D eigenvalue weighted by molar-refractivity contribution is 1.48. The van der Waals surface area contributed by atoms with E-state index in [9.17, 15) is 0 Å². The van der Waals surface area contributed by atoms with Crippen LogP contribution in [0, 0.1) is 0 Å². The molecule has 0 aromatic carbocycles. The largest absolute Gasteiger partial charge is 0.333 e. The minimum absolute atomic E-state index is 0. The molecule has 0 radical (unpaired) electrons. The van der Waals surface area contributed by atoms with Crippen LogP contribution in [0.3, 0.4) is 0 Å². The van der Waals surface area contributed by atoms with Crippen LogP contribution in [0.15, 0.2) is 0 Å². The molecule has 0 unspecified atom stereocenters. The molecule has 0 bridgehead atoms. The SMILES string of the molecule is C.CC.CC.CC.CN. The van der Waals surface area contributed by atoms with Crippen molar-refractivity contribution in [1.29, 1.82) is 0 Å². The molecule has 0 rings (SSSR count). The highest BCUT2D eigenvalue weighted by Gasteiger charge is 0.936. The van der Waals surface area contributed by atoms with Gasteiger partial charge in [0.05, 0.1) is 0 Å². The number of hydrogen-bond acceptors (Lipinski definition) is 1. The first-order valence-corrected chi connectivity index (χ1v) is 3.58. The second-order valence-electron chi connectivity index (χ2n) is 0. The molecular weight excluding hydrogens is 110 g/mol.